The predicted molar refractivity (Wildman–Crippen MR) is 105 cm³/mol. The van der Waals surface area contributed by atoms with Gasteiger partial charge >= 0.3 is 0 Å². The van der Waals surface area contributed by atoms with Gasteiger partial charge in [-0.05, 0) is 26.0 Å². The van der Waals surface area contributed by atoms with Crippen molar-refractivity contribution in [2.75, 3.05) is 42.9 Å². The molecule has 1 amide bonds. The van der Waals surface area contributed by atoms with E-state index in [0.29, 0.717) is 0 Å². The molecular weight excluding hydrogens is 354 g/mol. The van der Waals surface area contributed by atoms with Gasteiger partial charge < -0.3 is 15.1 Å². The molecule has 0 saturated carbocycles. The van der Waals surface area contributed by atoms with Crippen LogP contribution in [0.25, 0.3) is 0 Å². The van der Waals surface area contributed by atoms with Gasteiger partial charge in [0.25, 0.3) is 0 Å². The topological polar surface area (TPSA) is 61.4 Å². The highest BCUT2D eigenvalue weighted by molar-refractivity contribution is 8.02. The second-order valence-corrected chi connectivity index (χ2v) is 8.38. The molecule has 0 aliphatic carbocycles. The zero-order chi connectivity index (χ0) is 17.6. The molecule has 134 valence electrons. The Labute approximate surface area is 156 Å². The molecule has 1 N–H and O–H groups in total. The molecule has 6 nitrogen and oxygen atoms in total. The van der Waals surface area contributed by atoms with Crippen LogP contribution in [-0.4, -0.2) is 59.0 Å². The molecule has 1 fully saturated rings. The predicted octanol–water partition coefficient (Wildman–Crippen LogP) is 2.80. The number of hydrogen-bond donors (Lipinski definition) is 1. The molecule has 2 heterocycles. The van der Waals surface area contributed by atoms with Gasteiger partial charge in [0, 0.05) is 38.4 Å². The van der Waals surface area contributed by atoms with Crippen LogP contribution in [0, 0.1) is 0 Å². The van der Waals surface area contributed by atoms with Crippen LogP contribution in [0.15, 0.2) is 34.7 Å². The van der Waals surface area contributed by atoms with Crippen LogP contribution >= 0.6 is 23.1 Å². The number of rotatable bonds is 6. The number of carbonyl (C=O) groups is 1. The van der Waals surface area contributed by atoms with Crippen LogP contribution in [0.4, 0.5) is 10.8 Å². The van der Waals surface area contributed by atoms with E-state index in [2.05, 4.69) is 44.7 Å². The van der Waals surface area contributed by atoms with Gasteiger partial charge in [-0.15, -0.1) is 10.2 Å². The molecule has 1 aliphatic heterocycles. The van der Waals surface area contributed by atoms with Crippen molar-refractivity contribution in [2.24, 2.45) is 0 Å². The van der Waals surface area contributed by atoms with E-state index in [0.717, 1.165) is 42.2 Å². The first kappa shape index (κ1) is 18.0. The lowest BCUT2D eigenvalue weighted by atomic mass is 10.2. The molecule has 1 atom stereocenters. The van der Waals surface area contributed by atoms with Crippen molar-refractivity contribution in [1.82, 2.24) is 15.1 Å². The van der Waals surface area contributed by atoms with Crippen LogP contribution in [0.5, 0.6) is 0 Å². The lowest BCUT2D eigenvalue weighted by molar-refractivity contribution is -0.130. The summed E-state index contributed by atoms with van der Waals surface area (Å²) in [6, 6.07) is 10.4. The number of para-hydroxylation sites is 1. The Bertz CT molecular complexity index is 685. The number of carbonyl (C=O) groups excluding carboxylic acids is 1. The summed E-state index contributed by atoms with van der Waals surface area (Å²) in [5, 5.41) is 12.0. The Kier molecular flexibility index (Phi) is 6.14. The molecule has 25 heavy (non-hydrogen) atoms. The third kappa shape index (κ3) is 4.64. The lowest BCUT2D eigenvalue weighted by Gasteiger charge is -2.37. The molecule has 0 spiro atoms. The maximum atomic E-state index is 12.7. The summed E-state index contributed by atoms with van der Waals surface area (Å²) in [5.74, 6) is 0.179. The molecule has 0 radical (unpaired) electrons. The summed E-state index contributed by atoms with van der Waals surface area (Å²) in [6.45, 7) is 8.06. The van der Waals surface area contributed by atoms with E-state index >= 15 is 0 Å². The van der Waals surface area contributed by atoms with E-state index in [9.17, 15) is 4.79 Å². The zero-order valence-corrected chi connectivity index (χ0v) is 16.1. The van der Waals surface area contributed by atoms with Crippen molar-refractivity contribution < 1.29 is 4.79 Å². The van der Waals surface area contributed by atoms with Gasteiger partial charge in [0.15, 0.2) is 4.34 Å². The van der Waals surface area contributed by atoms with Gasteiger partial charge in [0.05, 0.1) is 5.25 Å². The normalized spacial score (nSPS) is 15.9. The fraction of sp³-hybridized carbons (Fsp3) is 0.471. The highest BCUT2D eigenvalue weighted by atomic mass is 32.2. The number of hydrogen-bond acceptors (Lipinski definition) is 7. The number of benzene rings is 1. The number of nitrogens with one attached hydrogen (secondary N) is 1. The van der Waals surface area contributed by atoms with Crippen molar-refractivity contribution in [2.45, 2.75) is 23.4 Å². The van der Waals surface area contributed by atoms with E-state index in [-0.39, 0.29) is 11.2 Å². The van der Waals surface area contributed by atoms with Gasteiger partial charge in [0.1, 0.15) is 0 Å². The second kappa shape index (κ2) is 8.53. The molecular formula is C17H23N5OS2. The third-order valence-electron chi connectivity index (χ3n) is 4.07. The van der Waals surface area contributed by atoms with E-state index in [1.807, 2.05) is 24.8 Å². The van der Waals surface area contributed by atoms with Crippen LogP contribution in [0.3, 0.4) is 0 Å². The molecule has 2 aromatic rings. The molecule has 1 aliphatic rings. The SMILES string of the molecule is CCNc1nnc(S[C@@H](C)C(=O)N2CCN(c3ccccc3)CC2)s1. The van der Waals surface area contributed by atoms with Gasteiger partial charge in [-0.2, -0.15) is 0 Å². The maximum Gasteiger partial charge on any atom is 0.235 e. The smallest absolute Gasteiger partial charge is 0.235 e. The van der Waals surface area contributed by atoms with Gasteiger partial charge in [0.2, 0.25) is 11.0 Å². The number of piperazine rings is 1. The largest absolute Gasteiger partial charge is 0.368 e. The Hall–Kier alpha value is -1.80. The van der Waals surface area contributed by atoms with E-state index in [1.165, 1.54) is 28.8 Å². The highest BCUT2D eigenvalue weighted by Crippen LogP contribution is 2.30. The minimum absolute atomic E-state index is 0.147. The number of anilines is 2. The Morgan fingerprint density at radius 2 is 1.96 bits per heavy atom. The zero-order valence-electron chi connectivity index (χ0n) is 14.5. The molecule has 1 aromatic heterocycles. The Balaban J connectivity index is 1.51. The molecule has 8 heteroatoms. The first-order valence-electron chi connectivity index (χ1n) is 8.50. The van der Waals surface area contributed by atoms with Crippen LogP contribution in [0.1, 0.15) is 13.8 Å². The summed E-state index contributed by atoms with van der Waals surface area (Å²) in [7, 11) is 0. The van der Waals surface area contributed by atoms with Crippen LogP contribution in [0.2, 0.25) is 0 Å². The van der Waals surface area contributed by atoms with Crippen molar-refractivity contribution >= 4 is 39.8 Å². The number of nitrogens with zero attached hydrogens (tertiary/aromatic N) is 4. The first-order chi connectivity index (χ1) is 12.2. The second-order valence-electron chi connectivity index (χ2n) is 5.81. The van der Waals surface area contributed by atoms with Crippen molar-refractivity contribution in [3.8, 4) is 0 Å². The first-order valence-corrected chi connectivity index (χ1v) is 10.2. The Morgan fingerprint density at radius 1 is 1.24 bits per heavy atom. The van der Waals surface area contributed by atoms with Crippen molar-refractivity contribution in [3.05, 3.63) is 30.3 Å². The minimum atomic E-state index is -0.147. The fourth-order valence-corrected chi connectivity index (χ4v) is 4.81. The number of thioether (sulfide) groups is 1. The molecule has 3 rings (SSSR count). The summed E-state index contributed by atoms with van der Waals surface area (Å²) in [5.41, 5.74) is 1.22. The quantitative estimate of drug-likeness (QED) is 0.781. The van der Waals surface area contributed by atoms with Crippen molar-refractivity contribution in [1.29, 1.82) is 0 Å². The molecule has 1 aromatic carbocycles. The Morgan fingerprint density at radius 3 is 2.64 bits per heavy atom. The maximum absolute atomic E-state index is 12.7. The number of amides is 1. The summed E-state index contributed by atoms with van der Waals surface area (Å²) in [6.07, 6.45) is 0. The number of aromatic nitrogens is 2. The standard InChI is InChI=1S/C17H23N5OS2/c1-3-18-16-19-20-17(25-16)24-13(2)15(23)22-11-9-21(10-12-22)14-7-5-4-6-8-14/h4-8,13H,3,9-12H2,1-2H3,(H,18,19)/t13-/m0/s1. The summed E-state index contributed by atoms with van der Waals surface area (Å²) >= 11 is 2.99. The highest BCUT2D eigenvalue weighted by Gasteiger charge is 2.26. The molecule has 0 bridgehead atoms. The van der Waals surface area contributed by atoms with Gasteiger partial charge in [-0.3, -0.25) is 4.79 Å². The third-order valence-corrected chi connectivity index (χ3v) is 6.13. The summed E-state index contributed by atoms with van der Waals surface area (Å²) < 4.78 is 0.833. The monoisotopic (exact) mass is 377 g/mol. The van der Waals surface area contributed by atoms with Crippen LogP contribution < -0.4 is 10.2 Å². The van der Waals surface area contributed by atoms with E-state index in [1.54, 1.807) is 0 Å². The molecule has 0 unspecified atom stereocenters. The van der Waals surface area contributed by atoms with Gasteiger partial charge in [-0.25, -0.2) is 0 Å². The summed E-state index contributed by atoms with van der Waals surface area (Å²) in [4.78, 5) is 17.0. The average molecular weight is 378 g/mol. The van der Waals surface area contributed by atoms with E-state index < -0.39 is 0 Å². The molecule has 1 saturated heterocycles. The van der Waals surface area contributed by atoms with Crippen molar-refractivity contribution in [3.63, 3.8) is 0 Å². The lowest BCUT2D eigenvalue weighted by Crippen LogP contribution is -2.50. The fourth-order valence-electron chi connectivity index (χ4n) is 2.76. The minimum Gasteiger partial charge on any atom is -0.368 e. The average Bonchev–Trinajstić information content (AvgIpc) is 3.09. The van der Waals surface area contributed by atoms with Gasteiger partial charge in [-0.1, -0.05) is 41.3 Å². The van der Waals surface area contributed by atoms with E-state index in [4.69, 9.17) is 0 Å². The van der Waals surface area contributed by atoms with Crippen LogP contribution in [-0.2, 0) is 4.79 Å².